The monoisotopic (exact) mass is 492 g/mol. The van der Waals surface area contributed by atoms with Crippen LogP contribution >= 0.6 is 0 Å². The van der Waals surface area contributed by atoms with E-state index in [-0.39, 0.29) is 47.8 Å². The summed E-state index contributed by atoms with van der Waals surface area (Å²) in [4.78, 5) is 29.2. The first-order valence-corrected chi connectivity index (χ1v) is 13.0. The number of hydrogen-bond acceptors (Lipinski definition) is 5. The lowest BCUT2D eigenvalue weighted by molar-refractivity contribution is -0.144. The number of nitrogens with zero attached hydrogens (tertiary/aromatic N) is 1. The zero-order chi connectivity index (χ0) is 25.2. The number of carbonyl (C=O) groups excluding carboxylic acids is 2. The fourth-order valence-corrected chi connectivity index (χ4v) is 6.64. The van der Waals surface area contributed by atoms with Crippen LogP contribution in [0.5, 0.6) is 0 Å². The topological polar surface area (TPSA) is 77.5 Å². The SMILES string of the molecule is CCOC(=O)N[C@H]1CC[C@@H]2[C@@H](C1)C[C@H]1C(=O)O[C@H](C)[C@H]1[C@@H]2/C=C/c1ccc(-c2cccc(F)c2)cn1. The highest BCUT2D eigenvalue weighted by Crippen LogP contribution is 2.53. The molecular formula is C29H33FN2O4. The predicted octanol–water partition coefficient (Wildman–Crippen LogP) is 5.63. The van der Waals surface area contributed by atoms with Crippen LogP contribution in [0, 0.1) is 35.4 Å². The Morgan fingerprint density at radius 3 is 2.83 bits per heavy atom. The minimum Gasteiger partial charge on any atom is -0.462 e. The molecule has 36 heavy (non-hydrogen) atoms. The van der Waals surface area contributed by atoms with Crippen LogP contribution in [-0.4, -0.2) is 35.8 Å². The number of carbonyl (C=O) groups is 2. The lowest BCUT2D eigenvalue weighted by Gasteiger charge is -2.47. The smallest absolute Gasteiger partial charge is 0.407 e. The van der Waals surface area contributed by atoms with Crippen LogP contribution in [0.4, 0.5) is 9.18 Å². The predicted molar refractivity (Wildman–Crippen MR) is 134 cm³/mol. The van der Waals surface area contributed by atoms with E-state index in [1.807, 2.05) is 31.2 Å². The number of halogens is 1. The summed E-state index contributed by atoms with van der Waals surface area (Å²) in [6.45, 7) is 4.15. The molecule has 1 aliphatic heterocycles. The molecule has 2 aromatic rings. The van der Waals surface area contributed by atoms with Crippen molar-refractivity contribution >= 4 is 18.1 Å². The zero-order valence-electron chi connectivity index (χ0n) is 20.7. The van der Waals surface area contributed by atoms with E-state index in [0.717, 1.165) is 42.5 Å². The number of hydrogen-bond donors (Lipinski definition) is 1. The van der Waals surface area contributed by atoms with Crippen molar-refractivity contribution in [1.29, 1.82) is 0 Å². The summed E-state index contributed by atoms with van der Waals surface area (Å²) in [6.07, 6.45) is 9.07. The summed E-state index contributed by atoms with van der Waals surface area (Å²) in [5.41, 5.74) is 2.48. The van der Waals surface area contributed by atoms with Gasteiger partial charge in [0.05, 0.1) is 18.2 Å². The molecule has 2 heterocycles. The first-order chi connectivity index (χ1) is 17.4. The maximum atomic E-state index is 13.6. The van der Waals surface area contributed by atoms with E-state index in [0.29, 0.717) is 18.4 Å². The Labute approximate surface area is 211 Å². The van der Waals surface area contributed by atoms with E-state index in [9.17, 15) is 14.0 Å². The minimum atomic E-state index is -0.368. The number of ether oxygens (including phenoxy) is 2. The molecule has 6 nitrogen and oxygen atoms in total. The van der Waals surface area contributed by atoms with Crippen molar-refractivity contribution in [2.75, 3.05) is 6.61 Å². The van der Waals surface area contributed by atoms with Crippen molar-refractivity contribution < 1.29 is 23.5 Å². The van der Waals surface area contributed by atoms with Crippen LogP contribution in [0.2, 0.25) is 0 Å². The Morgan fingerprint density at radius 2 is 2.08 bits per heavy atom. The maximum absolute atomic E-state index is 13.6. The normalized spacial score (nSPS) is 31.4. The van der Waals surface area contributed by atoms with Gasteiger partial charge in [-0.15, -0.1) is 0 Å². The van der Waals surface area contributed by atoms with E-state index >= 15 is 0 Å². The third kappa shape index (κ3) is 5.01. The highest BCUT2D eigenvalue weighted by atomic mass is 19.1. The number of rotatable bonds is 5. The molecule has 1 aromatic carbocycles. The van der Waals surface area contributed by atoms with Crippen molar-refractivity contribution in [2.45, 2.75) is 51.7 Å². The van der Waals surface area contributed by atoms with E-state index in [2.05, 4.69) is 16.4 Å². The average molecular weight is 493 g/mol. The van der Waals surface area contributed by atoms with Gasteiger partial charge in [0, 0.05) is 23.7 Å². The number of allylic oxidation sites excluding steroid dienone is 1. The van der Waals surface area contributed by atoms with Gasteiger partial charge >= 0.3 is 12.1 Å². The highest BCUT2D eigenvalue weighted by Gasteiger charge is 2.54. The molecule has 3 aliphatic rings. The Morgan fingerprint density at radius 1 is 1.22 bits per heavy atom. The molecule has 5 rings (SSSR count). The van der Waals surface area contributed by atoms with Crippen molar-refractivity contribution in [3.8, 4) is 11.1 Å². The van der Waals surface area contributed by atoms with Gasteiger partial charge in [-0.3, -0.25) is 9.78 Å². The Balaban J connectivity index is 1.34. The summed E-state index contributed by atoms with van der Waals surface area (Å²) in [6, 6.07) is 10.4. The van der Waals surface area contributed by atoms with E-state index in [1.54, 1.807) is 19.2 Å². The number of benzene rings is 1. The molecule has 1 saturated heterocycles. The van der Waals surface area contributed by atoms with Gasteiger partial charge in [-0.2, -0.15) is 0 Å². The molecule has 0 spiro atoms. The first kappa shape index (κ1) is 24.5. The number of esters is 1. The van der Waals surface area contributed by atoms with Gasteiger partial charge in [0.1, 0.15) is 11.9 Å². The van der Waals surface area contributed by atoms with Crippen molar-refractivity contribution in [3.05, 3.63) is 60.2 Å². The largest absolute Gasteiger partial charge is 0.462 e. The second-order valence-electron chi connectivity index (χ2n) is 10.3. The number of pyridine rings is 1. The van der Waals surface area contributed by atoms with Crippen LogP contribution in [0.25, 0.3) is 17.2 Å². The number of aromatic nitrogens is 1. The van der Waals surface area contributed by atoms with Crippen molar-refractivity contribution in [1.82, 2.24) is 10.3 Å². The fourth-order valence-electron chi connectivity index (χ4n) is 6.64. The Kier molecular flexibility index (Phi) is 7.08. The summed E-state index contributed by atoms with van der Waals surface area (Å²) in [7, 11) is 0. The second kappa shape index (κ2) is 10.4. The van der Waals surface area contributed by atoms with Gasteiger partial charge in [-0.1, -0.05) is 24.3 Å². The molecule has 1 N–H and O–H groups in total. The van der Waals surface area contributed by atoms with Crippen LogP contribution in [-0.2, 0) is 14.3 Å². The molecule has 7 heteroatoms. The first-order valence-electron chi connectivity index (χ1n) is 13.0. The van der Waals surface area contributed by atoms with Gasteiger partial charge in [-0.25, -0.2) is 9.18 Å². The average Bonchev–Trinajstić information content (AvgIpc) is 3.15. The molecule has 2 aliphatic carbocycles. The molecule has 2 saturated carbocycles. The highest BCUT2D eigenvalue weighted by molar-refractivity contribution is 5.75. The molecule has 0 bridgehead atoms. The van der Waals surface area contributed by atoms with Crippen molar-refractivity contribution in [3.63, 3.8) is 0 Å². The summed E-state index contributed by atoms with van der Waals surface area (Å²) >= 11 is 0. The third-order valence-corrected chi connectivity index (χ3v) is 8.18. The number of nitrogens with one attached hydrogen (secondary N) is 1. The summed E-state index contributed by atoms with van der Waals surface area (Å²) in [5.74, 6) is 0.629. The van der Waals surface area contributed by atoms with Crippen LogP contribution in [0.3, 0.4) is 0 Å². The molecule has 0 unspecified atom stereocenters. The van der Waals surface area contributed by atoms with Gasteiger partial charge in [0.15, 0.2) is 0 Å². The second-order valence-corrected chi connectivity index (χ2v) is 10.3. The van der Waals surface area contributed by atoms with Gasteiger partial charge in [-0.05, 0) is 87.1 Å². The van der Waals surface area contributed by atoms with Crippen molar-refractivity contribution in [2.24, 2.45) is 29.6 Å². The third-order valence-electron chi connectivity index (χ3n) is 8.18. The maximum Gasteiger partial charge on any atom is 0.407 e. The molecule has 3 fully saturated rings. The fraction of sp³-hybridized carbons (Fsp3) is 0.483. The summed E-state index contributed by atoms with van der Waals surface area (Å²) in [5, 5.41) is 3.00. The molecule has 1 amide bonds. The Hall–Kier alpha value is -3.22. The van der Waals surface area contributed by atoms with Crippen LogP contribution in [0.15, 0.2) is 48.7 Å². The lowest BCUT2D eigenvalue weighted by atomic mass is 9.57. The van der Waals surface area contributed by atoms with Crippen LogP contribution in [0.1, 0.15) is 45.2 Å². The molecule has 190 valence electrons. The Bertz CT molecular complexity index is 1130. The van der Waals surface area contributed by atoms with E-state index < -0.39 is 0 Å². The molecule has 1 aromatic heterocycles. The van der Waals surface area contributed by atoms with E-state index in [4.69, 9.17) is 9.47 Å². The van der Waals surface area contributed by atoms with Gasteiger partial charge in [0.2, 0.25) is 0 Å². The number of amides is 1. The van der Waals surface area contributed by atoms with Gasteiger partial charge < -0.3 is 14.8 Å². The van der Waals surface area contributed by atoms with Gasteiger partial charge in [0.25, 0.3) is 0 Å². The standard InChI is InChI=1S/C29H33FN2O4/c1-3-35-29(34)32-23-10-11-24-20(14-23)15-26-27(17(2)36-28(26)33)25(24)12-9-22-8-7-19(16-31-22)18-5-4-6-21(30)13-18/h4-9,12-13,16-17,20,23-27H,3,10-11,14-15H2,1-2H3,(H,32,34)/b12-9+/t17-,20+,23+,24-,25-,26-,27+/m1/s1. The lowest BCUT2D eigenvalue weighted by Crippen LogP contribution is -2.48. The molecular weight excluding hydrogens is 459 g/mol. The number of cyclic esters (lactones) is 1. The quantitative estimate of drug-likeness (QED) is 0.548. The number of fused-ring (bicyclic) bond motifs is 2. The zero-order valence-corrected chi connectivity index (χ0v) is 20.7. The number of alkyl carbamates (subject to hydrolysis) is 1. The van der Waals surface area contributed by atoms with E-state index in [1.165, 1.54) is 12.1 Å². The molecule has 0 radical (unpaired) electrons. The molecule has 7 atom stereocenters. The minimum absolute atomic E-state index is 0.0679. The van der Waals surface area contributed by atoms with Crippen LogP contribution < -0.4 is 5.32 Å². The summed E-state index contributed by atoms with van der Waals surface area (Å²) < 4.78 is 24.3.